The summed E-state index contributed by atoms with van der Waals surface area (Å²) < 4.78 is 26.6. The van der Waals surface area contributed by atoms with E-state index in [4.69, 9.17) is 0 Å². The quantitative estimate of drug-likeness (QED) is 0.872. The van der Waals surface area contributed by atoms with Gasteiger partial charge in [0.05, 0.1) is 4.90 Å². The second-order valence-corrected chi connectivity index (χ2v) is 7.52. The number of nitrogens with zero attached hydrogens (tertiary/aromatic N) is 1. The maximum atomic E-state index is 12.2. The molecule has 5 nitrogen and oxygen atoms in total. The third kappa shape index (κ3) is 4.55. The van der Waals surface area contributed by atoms with Crippen molar-refractivity contribution in [3.8, 4) is 0 Å². The van der Waals surface area contributed by atoms with Crippen molar-refractivity contribution in [1.82, 2.24) is 9.62 Å². The molecule has 0 spiro atoms. The summed E-state index contributed by atoms with van der Waals surface area (Å²) in [6.07, 6.45) is 5.89. The van der Waals surface area contributed by atoms with Gasteiger partial charge < -0.3 is 4.90 Å². The number of nitrogens with one attached hydrogen (secondary N) is 1. The van der Waals surface area contributed by atoms with E-state index in [0.717, 1.165) is 12.8 Å². The third-order valence-electron chi connectivity index (χ3n) is 4.20. The maximum Gasteiger partial charge on any atom is 0.240 e. The standard InChI is InChI=1S/C16H24N2O3S/c1-18(14-8-4-2-5-9-14)16(19)12-13-17-22(20,21)15-10-6-3-7-11-15/h3,6-7,10-11,14,17H,2,4-5,8-9,12-13H2,1H3. The molecule has 1 aromatic rings. The van der Waals surface area contributed by atoms with Gasteiger partial charge in [-0.05, 0) is 25.0 Å². The van der Waals surface area contributed by atoms with E-state index in [1.165, 1.54) is 31.4 Å². The van der Waals surface area contributed by atoms with Gasteiger partial charge in [0.15, 0.2) is 0 Å². The molecule has 0 heterocycles. The average Bonchev–Trinajstić information content (AvgIpc) is 2.55. The molecule has 0 aromatic heterocycles. The van der Waals surface area contributed by atoms with Crippen LogP contribution in [0.4, 0.5) is 0 Å². The van der Waals surface area contributed by atoms with Crippen LogP contribution in [0.3, 0.4) is 0 Å². The molecule has 1 saturated carbocycles. The predicted octanol–water partition coefficient (Wildman–Crippen LogP) is 2.15. The Hall–Kier alpha value is -1.40. The highest BCUT2D eigenvalue weighted by molar-refractivity contribution is 7.89. The summed E-state index contributed by atoms with van der Waals surface area (Å²) in [6, 6.07) is 8.51. The monoisotopic (exact) mass is 324 g/mol. The van der Waals surface area contributed by atoms with E-state index in [0.29, 0.717) is 6.04 Å². The lowest BCUT2D eigenvalue weighted by Crippen LogP contribution is -2.39. The van der Waals surface area contributed by atoms with Crippen LogP contribution in [0, 0.1) is 0 Å². The van der Waals surface area contributed by atoms with Gasteiger partial charge in [-0.15, -0.1) is 0 Å². The maximum absolute atomic E-state index is 12.2. The molecule has 1 aromatic carbocycles. The minimum atomic E-state index is -3.53. The Balaban J connectivity index is 1.81. The van der Waals surface area contributed by atoms with E-state index < -0.39 is 10.0 Å². The van der Waals surface area contributed by atoms with E-state index in [9.17, 15) is 13.2 Å². The minimum Gasteiger partial charge on any atom is -0.343 e. The molecule has 22 heavy (non-hydrogen) atoms. The van der Waals surface area contributed by atoms with Gasteiger partial charge in [-0.2, -0.15) is 0 Å². The molecule has 122 valence electrons. The Bertz CT molecular complexity index is 581. The van der Waals surface area contributed by atoms with Gasteiger partial charge in [0.25, 0.3) is 0 Å². The zero-order chi connectivity index (χ0) is 16.0. The molecule has 2 rings (SSSR count). The number of carbonyl (C=O) groups excluding carboxylic acids is 1. The van der Waals surface area contributed by atoms with Crippen molar-refractivity contribution < 1.29 is 13.2 Å². The average molecular weight is 324 g/mol. The van der Waals surface area contributed by atoms with Crippen LogP contribution in [0.25, 0.3) is 0 Å². The summed E-state index contributed by atoms with van der Waals surface area (Å²) in [5.41, 5.74) is 0. The molecule has 1 N–H and O–H groups in total. The summed E-state index contributed by atoms with van der Waals surface area (Å²) in [6.45, 7) is 0.132. The summed E-state index contributed by atoms with van der Waals surface area (Å²) >= 11 is 0. The largest absolute Gasteiger partial charge is 0.343 e. The van der Waals surface area contributed by atoms with E-state index in [1.54, 1.807) is 23.1 Å². The topological polar surface area (TPSA) is 66.5 Å². The molecule has 1 fully saturated rings. The van der Waals surface area contributed by atoms with E-state index >= 15 is 0 Å². The van der Waals surface area contributed by atoms with Crippen LogP contribution in [0.2, 0.25) is 0 Å². The zero-order valence-corrected chi connectivity index (χ0v) is 13.8. The van der Waals surface area contributed by atoms with Crippen molar-refractivity contribution >= 4 is 15.9 Å². The van der Waals surface area contributed by atoms with E-state index in [1.807, 2.05) is 7.05 Å². The predicted molar refractivity (Wildman–Crippen MR) is 85.9 cm³/mol. The zero-order valence-electron chi connectivity index (χ0n) is 13.0. The number of benzene rings is 1. The smallest absolute Gasteiger partial charge is 0.240 e. The highest BCUT2D eigenvalue weighted by atomic mass is 32.2. The lowest BCUT2D eigenvalue weighted by atomic mass is 9.94. The van der Waals surface area contributed by atoms with Gasteiger partial charge >= 0.3 is 0 Å². The molecule has 0 radical (unpaired) electrons. The van der Waals surface area contributed by atoms with Crippen molar-refractivity contribution in [2.45, 2.75) is 49.5 Å². The highest BCUT2D eigenvalue weighted by Gasteiger charge is 2.22. The second-order valence-electron chi connectivity index (χ2n) is 5.76. The lowest BCUT2D eigenvalue weighted by Gasteiger charge is -2.31. The number of carbonyl (C=O) groups is 1. The molecule has 0 unspecified atom stereocenters. The highest BCUT2D eigenvalue weighted by Crippen LogP contribution is 2.21. The third-order valence-corrected chi connectivity index (χ3v) is 5.68. The molecular formula is C16H24N2O3S. The minimum absolute atomic E-state index is 0.00246. The number of rotatable bonds is 6. The number of sulfonamides is 1. The Morgan fingerprint density at radius 1 is 1.18 bits per heavy atom. The Kier molecular flexibility index (Phi) is 5.97. The fourth-order valence-electron chi connectivity index (χ4n) is 2.82. The summed E-state index contributed by atoms with van der Waals surface area (Å²) in [4.78, 5) is 14.2. The summed E-state index contributed by atoms with van der Waals surface area (Å²) in [5, 5.41) is 0. The molecular weight excluding hydrogens is 300 g/mol. The van der Waals surface area contributed by atoms with Gasteiger partial charge in [-0.3, -0.25) is 4.79 Å². The van der Waals surface area contributed by atoms with Gasteiger partial charge in [-0.1, -0.05) is 37.5 Å². The van der Waals surface area contributed by atoms with Crippen molar-refractivity contribution in [2.24, 2.45) is 0 Å². The van der Waals surface area contributed by atoms with Crippen molar-refractivity contribution in [3.05, 3.63) is 30.3 Å². The van der Waals surface area contributed by atoms with Gasteiger partial charge in [0.1, 0.15) is 0 Å². The summed E-state index contributed by atoms with van der Waals surface area (Å²) in [7, 11) is -1.70. The number of hydrogen-bond acceptors (Lipinski definition) is 3. The first-order valence-corrected chi connectivity index (χ1v) is 9.29. The van der Waals surface area contributed by atoms with Crippen LogP contribution in [-0.2, 0) is 14.8 Å². The molecule has 0 aliphatic heterocycles. The van der Waals surface area contributed by atoms with Crippen LogP contribution in [0.5, 0.6) is 0 Å². The van der Waals surface area contributed by atoms with E-state index in [-0.39, 0.29) is 23.8 Å². The first kappa shape index (κ1) is 17.0. The van der Waals surface area contributed by atoms with Crippen LogP contribution in [0.1, 0.15) is 38.5 Å². The molecule has 0 saturated heterocycles. The fraction of sp³-hybridized carbons (Fsp3) is 0.562. The Labute approximate surface area is 132 Å². The molecule has 1 aliphatic carbocycles. The molecule has 0 atom stereocenters. The molecule has 1 aliphatic rings. The van der Waals surface area contributed by atoms with Gasteiger partial charge in [-0.25, -0.2) is 13.1 Å². The van der Waals surface area contributed by atoms with Crippen LogP contribution in [0.15, 0.2) is 35.2 Å². The van der Waals surface area contributed by atoms with E-state index in [2.05, 4.69) is 4.72 Å². The molecule has 0 bridgehead atoms. The van der Waals surface area contributed by atoms with Crippen LogP contribution in [-0.4, -0.2) is 38.9 Å². The number of hydrogen-bond donors (Lipinski definition) is 1. The van der Waals surface area contributed by atoms with Crippen LogP contribution >= 0.6 is 0 Å². The Morgan fingerprint density at radius 2 is 1.82 bits per heavy atom. The fourth-order valence-corrected chi connectivity index (χ4v) is 3.88. The molecule has 6 heteroatoms. The van der Waals surface area contributed by atoms with Gasteiger partial charge in [0.2, 0.25) is 15.9 Å². The lowest BCUT2D eigenvalue weighted by molar-refractivity contribution is -0.132. The number of amides is 1. The molecule has 1 amide bonds. The first-order chi connectivity index (χ1) is 10.5. The van der Waals surface area contributed by atoms with Crippen molar-refractivity contribution in [3.63, 3.8) is 0 Å². The SMILES string of the molecule is CN(C(=O)CCNS(=O)(=O)c1ccccc1)C1CCCCC1. The summed E-state index contributed by atoms with van der Waals surface area (Å²) in [5.74, 6) is 0.00246. The second kappa shape index (κ2) is 7.74. The Morgan fingerprint density at radius 3 is 2.45 bits per heavy atom. The van der Waals surface area contributed by atoms with Gasteiger partial charge in [0, 0.05) is 26.1 Å². The van der Waals surface area contributed by atoms with Crippen molar-refractivity contribution in [1.29, 1.82) is 0 Å². The van der Waals surface area contributed by atoms with Crippen molar-refractivity contribution in [2.75, 3.05) is 13.6 Å². The normalized spacial score (nSPS) is 16.4. The van der Waals surface area contributed by atoms with Crippen LogP contribution < -0.4 is 4.72 Å². The first-order valence-electron chi connectivity index (χ1n) is 7.81.